The smallest absolute Gasteiger partial charge is 0.309 e. The summed E-state index contributed by atoms with van der Waals surface area (Å²) in [6, 6.07) is 0. The highest BCUT2D eigenvalue weighted by Crippen LogP contribution is 2.75. The van der Waals surface area contributed by atoms with Gasteiger partial charge in [-0.3, -0.25) is 9.59 Å². The zero-order chi connectivity index (χ0) is 24.9. The number of ether oxygens (including phenoxy) is 1. The summed E-state index contributed by atoms with van der Waals surface area (Å²) in [6.07, 6.45) is 13.7. The Bertz CT molecular complexity index is 1070. The zero-order valence-electron chi connectivity index (χ0n) is 22.1. The minimum Gasteiger partial charge on any atom is -0.481 e. The van der Waals surface area contributed by atoms with Crippen molar-refractivity contribution in [1.29, 1.82) is 0 Å². The van der Waals surface area contributed by atoms with Gasteiger partial charge in [-0.2, -0.15) is 0 Å². The lowest BCUT2D eigenvalue weighted by atomic mass is 9.34. The number of hydrogen-bond donors (Lipinski definition) is 1. The summed E-state index contributed by atoms with van der Waals surface area (Å²) in [5.74, 6) is -0.117. The van der Waals surface area contributed by atoms with Gasteiger partial charge in [0.1, 0.15) is 0 Å². The van der Waals surface area contributed by atoms with Crippen LogP contribution < -0.4 is 0 Å². The lowest BCUT2D eigenvalue weighted by molar-refractivity contribution is -0.178. The zero-order valence-corrected chi connectivity index (χ0v) is 22.1. The highest BCUT2D eigenvalue weighted by atomic mass is 16.5. The van der Waals surface area contributed by atoms with Crippen LogP contribution in [0.25, 0.3) is 0 Å². The van der Waals surface area contributed by atoms with Gasteiger partial charge >= 0.3 is 5.97 Å². The third kappa shape index (κ3) is 2.81. The van der Waals surface area contributed by atoms with Gasteiger partial charge in [-0.1, -0.05) is 45.4 Å². The van der Waals surface area contributed by atoms with Crippen molar-refractivity contribution in [3.8, 4) is 0 Å². The van der Waals surface area contributed by atoms with Crippen molar-refractivity contribution in [2.24, 2.45) is 33.0 Å². The van der Waals surface area contributed by atoms with Crippen molar-refractivity contribution in [3.05, 3.63) is 34.9 Å². The van der Waals surface area contributed by atoms with Gasteiger partial charge in [0.15, 0.2) is 5.78 Å². The molecule has 3 saturated carbocycles. The van der Waals surface area contributed by atoms with Gasteiger partial charge in [-0.25, -0.2) is 0 Å². The number of fused-ring (bicyclic) bond motifs is 7. The molecule has 0 saturated heterocycles. The first kappa shape index (κ1) is 24.0. The Kier molecular flexibility index (Phi) is 4.92. The molecule has 34 heavy (non-hydrogen) atoms. The summed E-state index contributed by atoms with van der Waals surface area (Å²) < 4.78 is 5.91. The maximum Gasteiger partial charge on any atom is 0.309 e. The highest BCUT2D eigenvalue weighted by molar-refractivity contribution is 5.95. The topological polar surface area (TPSA) is 63.6 Å². The molecule has 186 valence electrons. The molecule has 0 spiro atoms. The van der Waals surface area contributed by atoms with Crippen LogP contribution in [0.1, 0.15) is 92.9 Å². The highest BCUT2D eigenvalue weighted by Gasteiger charge is 2.67. The average molecular weight is 467 g/mol. The molecule has 0 radical (unpaired) electrons. The van der Waals surface area contributed by atoms with E-state index in [1.54, 1.807) is 7.11 Å². The van der Waals surface area contributed by atoms with Crippen molar-refractivity contribution in [1.82, 2.24) is 0 Å². The molecule has 5 rings (SSSR count). The maximum atomic E-state index is 12.8. The number of aliphatic carboxylic acids is 1. The van der Waals surface area contributed by atoms with Crippen molar-refractivity contribution in [3.63, 3.8) is 0 Å². The lowest BCUT2D eigenvalue weighted by Gasteiger charge is -2.70. The number of carboxylic acid groups (broad SMARTS) is 1. The van der Waals surface area contributed by atoms with E-state index in [9.17, 15) is 14.7 Å². The predicted octanol–water partition coefficient (Wildman–Crippen LogP) is 6.66. The lowest BCUT2D eigenvalue weighted by Crippen LogP contribution is -2.62. The number of allylic oxidation sites excluding steroid dienone is 4. The van der Waals surface area contributed by atoms with Crippen LogP contribution in [0.5, 0.6) is 0 Å². The van der Waals surface area contributed by atoms with Gasteiger partial charge < -0.3 is 9.84 Å². The SMILES string of the molecule is COC1(C)CC(=O)C=C2C1=CC=C1C2(C)CCC2(C)C3CC(C)(C(=O)O)CCC3(C)CCC12C. The summed E-state index contributed by atoms with van der Waals surface area (Å²) in [7, 11) is 1.71. The fraction of sp³-hybridized carbons (Fsp3) is 0.733. The van der Waals surface area contributed by atoms with E-state index in [0.29, 0.717) is 12.3 Å². The number of ketones is 1. The van der Waals surface area contributed by atoms with Gasteiger partial charge in [0, 0.05) is 18.9 Å². The van der Waals surface area contributed by atoms with E-state index in [0.717, 1.165) is 56.1 Å². The first-order chi connectivity index (χ1) is 15.7. The summed E-state index contributed by atoms with van der Waals surface area (Å²) in [6.45, 7) is 13.7. The first-order valence-corrected chi connectivity index (χ1v) is 13.1. The van der Waals surface area contributed by atoms with Crippen molar-refractivity contribution in [2.75, 3.05) is 7.11 Å². The molecular formula is C30H42O4. The van der Waals surface area contributed by atoms with Crippen LogP contribution in [0.2, 0.25) is 0 Å². The number of hydrogen-bond acceptors (Lipinski definition) is 3. The Morgan fingerprint density at radius 3 is 2.26 bits per heavy atom. The summed E-state index contributed by atoms with van der Waals surface area (Å²) in [5.41, 5.74) is 2.54. The van der Waals surface area contributed by atoms with Crippen LogP contribution in [-0.2, 0) is 14.3 Å². The fourth-order valence-corrected chi connectivity index (χ4v) is 9.10. The van der Waals surface area contributed by atoms with E-state index >= 15 is 0 Å². The van der Waals surface area contributed by atoms with Crippen LogP contribution in [0.4, 0.5) is 0 Å². The number of methoxy groups -OCH3 is 1. The normalized spacial score (nSPS) is 50.0. The number of carboxylic acids is 1. The molecule has 5 aliphatic rings. The van der Waals surface area contributed by atoms with Crippen LogP contribution in [0, 0.1) is 33.0 Å². The second-order valence-electron chi connectivity index (χ2n) is 13.7. The molecule has 0 aliphatic heterocycles. The largest absolute Gasteiger partial charge is 0.481 e. The molecule has 0 aromatic rings. The van der Waals surface area contributed by atoms with E-state index in [-0.39, 0.29) is 27.4 Å². The fourth-order valence-electron chi connectivity index (χ4n) is 9.10. The molecule has 4 nitrogen and oxygen atoms in total. The Hall–Kier alpha value is -1.68. The Labute approximate surface area is 204 Å². The van der Waals surface area contributed by atoms with E-state index in [2.05, 4.69) is 39.8 Å². The average Bonchev–Trinajstić information content (AvgIpc) is 2.77. The van der Waals surface area contributed by atoms with Crippen LogP contribution in [0.3, 0.4) is 0 Å². The molecule has 4 heteroatoms. The molecular weight excluding hydrogens is 424 g/mol. The van der Waals surface area contributed by atoms with E-state index in [1.807, 2.05) is 19.9 Å². The summed E-state index contributed by atoms with van der Waals surface area (Å²) >= 11 is 0. The van der Waals surface area contributed by atoms with Crippen LogP contribution >= 0.6 is 0 Å². The minimum absolute atomic E-state index is 0.0254. The molecule has 5 aliphatic carbocycles. The molecule has 7 unspecified atom stereocenters. The molecule has 0 aromatic heterocycles. The minimum atomic E-state index is -0.640. The molecule has 1 N–H and O–H groups in total. The van der Waals surface area contributed by atoms with Gasteiger partial charge in [-0.15, -0.1) is 0 Å². The van der Waals surface area contributed by atoms with Gasteiger partial charge in [0.25, 0.3) is 0 Å². The van der Waals surface area contributed by atoms with Gasteiger partial charge in [0.05, 0.1) is 11.0 Å². The molecule has 0 amide bonds. The van der Waals surface area contributed by atoms with E-state index in [4.69, 9.17) is 4.74 Å². The van der Waals surface area contributed by atoms with Crippen molar-refractivity contribution < 1.29 is 19.4 Å². The quantitative estimate of drug-likeness (QED) is 0.494. The van der Waals surface area contributed by atoms with Crippen LogP contribution in [-0.4, -0.2) is 29.6 Å². The number of carbonyl (C=O) groups is 2. The van der Waals surface area contributed by atoms with E-state index < -0.39 is 17.0 Å². The summed E-state index contributed by atoms with van der Waals surface area (Å²) in [5, 5.41) is 10.1. The number of rotatable bonds is 2. The number of carbonyl (C=O) groups excluding carboxylic acids is 1. The third-order valence-electron chi connectivity index (χ3n) is 12.0. The standard InChI is InChI=1S/C30H42O4/c1-25-10-11-26(2,24(32)33)18-23(25)29(5)15-13-27(3)21-16-19(31)17-30(6,34-7)20(21)8-9-22(27)28(29,4)14-12-25/h8-9,16,23H,10-15,17-18H2,1-7H3,(H,32,33). The molecule has 0 bridgehead atoms. The predicted molar refractivity (Wildman–Crippen MR) is 133 cm³/mol. The third-order valence-corrected chi connectivity index (χ3v) is 12.0. The Morgan fingerprint density at radius 1 is 0.941 bits per heavy atom. The molecule has 0 aromatic carbocycles. The Morgan fingerprint density at radius 2 is 1.62 bits per heavy atom. The molecule has 3 fully saturated rings. The first-order valence-electron chi connectivity index (χ1n) is 13.1. The van der Waals surface area contributed by atoms with Gasteiger partial charge in [0.2, 0.25) is 0 Å². The second-order valence-corrected chi connectivity index (χ2v) is 13.7. The van der Waals surface area contributed by atoms with Crippen molar-refractivity contribution >= 4 is 11.8 Å². The maximum absolute atomic E-state index is 12.8. The van der Waals surface area contributed by atoms with Crippen LogP contribution in [0.15, 0.2) is 34.9 Å². The monoisotopic (exact) mass is 466 g/mol. The Balaban J connectivity index is 1.64. The van der Waals surface area contributed by atoms with E-state index in [1.165, 1.54) is 5.57 Å². The summed E-state index contributed by atoms with van der Waals surface area (Å²) in [4.78, 5) is 25.1. The molecule has 7 atom stereocenters. The second kappa shape index (κ2) is 6.96. The van der Waals surface area contributed by atoms with Crippen molar-refractivity contribution in [2.45, 2.75) is 98.5 Å². The van der Waals surface area contributed by atoms with Gasteiger partial charge in [-0.05, 0) is 98.2 Å². The molecule has 0 heterocycles.